The maximum Gasteiger partial charge on any atom is 0.267 e. The minimum atomic E-state index is -3.93. The number of fused-ring (bicyclic) bond motifs is 1. The van der Waals surface area contributed by atoms with Crippen LogP contribution in [-0.4, -0.2) is 19.3 Å². The highest BCUT2D eigenvalue weighted by atomic mass is 32.2. The van der Waals surface area contributed by atoms with Gasteiger partial charge in [-0.2, -0.15) is 0 Å². The van der Waals surface area contributed by atoms with Crippen molar-refractivity contribution in [3.05, 3.63) is 71.4 Å². The van der Waals surface area contributed by atoms with Crippen molar-refractivity contribution in [2.75, 3.05) is 0 Å². The molecule has 0 saturated carbocycles. The van der Waals surface area contributed by atoms with Crippen molar-refractivity contribution in [2.45, 2.75) is 18.7 Å². The Labute approximate surface area is 140 Å². The van der Waals surface area contributed by atoms with Crippen molar-refractivity contribution in [3.8, 4) is 0 Å². The highest BCUT2D eigenvalue weighted by Crippen LogP contribution is 2.22. The number of nitrogens with zero attached hydrogens (tertiary/aromatic N) is 1. The summed E-state index contributed by atoms with van der Waals surface area (Å²) in [6, 6.07) is 13.4. The molecule has 6 heteroatoms. The van der Waals surface area contributed by atoms with Crippen LogP contribution in [0.3, 0.4) is 0 Å². The lowest BCUT2D eigenvalue weighted by Crippen LogP contribution is -2.31. The molecule has 3 rings (SSSR count). The van der Waals surface area contributed by atoms with E-state index in [1.807, 2.05) is 19.1 Å². The second kappa shape index (κ2) is 6.05. The maximum absolute atomic E-state index is 12.6. The van der Waals surface area contributed by atoms with Crippen LogP contribution >= 0.6 is 0 Å². The van der Waals surface area contributed by atoms with Gasteiger partial charge in [0.05, 0.1) is 16.0 Å². The van der Waals surface area contributed by atoms with Gasteiger partial charge in [0.1, 0.15) is 0 Å². The topological polar surface area (TPSA) is 76.1 Å². The Bertz CT molecular complexity index is 1030. The Balaban J connectivity index is 2.05. The molecule has 0 bridgehead atoms. The molecule has 0 aliphatic heterocycles. The number of hydrogen-bond acceptors (Lipinski definition) is 4. The van der Waals surface area contributed by atoms with Gasteiger partial charge in [0.15, 0.2) is 0 Å². The lowest BCUT2D eigenvalue weighted by atomic mass is 10.0. The molecule has 0 saturated heterocycles. The summed E-state index contributed by atoms with van der Waals surface area (Å²) in [5.41, 5.74) is 2.39. The van der Waals surface area contributed by atoms with Gasteiger partial charge in [-0.05, 0) is 43.2 Å². The zero-order valence-corrected chi connectivity index (χ0v) is 14.1. The molecule has 0 fully saturated rings. The highest BCUT2D eigenvalue weighted by molar-refractivity contribution is 7.90. The minimum Gasteiger partial charge on any atom is -0.268 e. The van der Waals surface area contributed by atoms with Gasteiger partial charge in [-0.25, -0.2) is 13.1 Å². The van der Waals surface area contributed by atoms with E-state index in [0.29, 0.717) is 11.1 Å². The minimum absolute atomic E-state index is 0.0417. The van der Waals surface area contributed by atoms with Crippen LogP contribution in [-0.2, 0) is 10.0 Å². The number of sulfonamides is 1. The number of aromatic nitrogens is 1. The molecular weight excluding hydrogens is 324 g/mol. The van der Waals surface area contributed by atoms with Crippen molar-refractivity contribution >= 4 is 26.8 Å². The first-order valence-corrected chi connectivity index (χ1v) is 8.85. The van der Waals surface area contributed by atoms with Gasteiger partial charge >= 0.3 is 0 Å². The van der Waals surface area contributed by atoms with Crippen LogP contribution in [0.1, 0.15) is 21.5 Å². The number of amides is 1. The number of pyridine rings is 1. The van der Waals surface area contributed by atoms with E-state index in [2.05, 4.69) is 9.71 Å². The van der Waals surface area contributed by atoms with Crippen LogP contribution in [0.2, 0.25) is 0 Å². The van der Waals surface area contributed by atoms with Gasteiger partial charge in [0.2, 0.25) is 0 Å². The molecule has 1 amide bonds. The lowest BCUT2D eigenvalue weighted by Gasteiger charge is -2.11. The van der Waals surface area contributed by atoms with Crippen LogP contribution in [0.15, 0.2) is 59.6 Å². The predicted octanol–water partition coefficient (Wildman–Crippen LogP) is 2.97. The lowest BCUT2D eigenvalue weighted by molar-refractivity contribution is 0.0982. The van der Waals surface area contributed by atoms with Crippen molar-refractivity contribution < 1.29 is 13.2 Å². The van der Waals surface area contributed by atoms with E-state index < -0.39 is 15.9 Å². The summed E-state index contributed by atoms with van der Waals surface area (Å²) in [6.45, 7) is 3.66. The molecule has 1 heterocycles. The SMILES string of the molecule is Cc1cnc2c(C(=O)NS(=O)(=O)c3ccccc3)c(C)ccc2c1. The van der Waals surface area contributed by atoms with Crippen LogP contribution in [0, 0.1) is 13.8 Å². The number of hydrogen-bond donors (Lipinski definition) is 1. The molecule has 5 nitrogen and oxygen atoms in total. The largest absolute Gasteiger partial charge is 0.268 e. The molecule has 3 aromatic rings. The average molecular weight is 340 g/mol. The number of aryl methyl sites for hydroxylation is 2. The molecular formula is C18H16N2O3S. The van der Waals surface area contributed by atoms with Crippen molar-refractivity contribution in [1.82, 2.24) is 9.71 Å². The van der Waals surface area contributed by atoms with Crippen molar-refractivity contribution in [1.29, 1.82) is 0 Å². The number of carbonyl (C=O) groups is 1. The van der Waals surface area contributed by atoms with Crippen LogP contribution < -0.4 is 4.72 Å². The fourth-order valence-corrected chi connectivity index (χ4v) is 3.51. The Morgan fingerprint density at radius 2 is 1.75 bits per heavy atom. The van der Waals surface area contributed by atoms with E-state index in [-0.39, 0.29) is 10.5 Å². The fourth-order valence-electron chi connectivity index (χ4n) is 2.53. The number of rotatable bonds is 3. The second-order valence-corrected chi connectivity index (χ2v) is 7.27. The molecule has 0 atom stereocenters. The fraction of sp³-hybridized carbons (Fsp3) is 0.111. The van der Waals surface area contributed by atoms with Crippen molar-refractivity contribution in [2.24, 2.45) is 0 Å². The van der Waals surface area contributed by atoms with E-state index in [1.165, 1.54) is 12.1 Å². The maximum atomic E-state index is 12.6. The van der Waals surface area contributed by atoms with Gasteiger partial charge in [0.25, 0.3) is 15.9 Å². The first-order chi connectivity index (χ1) is 11.4. The first kappa shape index (κ1) is 16.1. The summed E-state index contributed by atoms with van der Waals surface area (Å²) in [6.07, 6.45) is 1.66. The summed E-state index contributed by atoms with van der Waals surface area (Å²) >= 11 is 0. The molecule has 0 aliphatic carbocycles. The number of nitrogens with one attached hydrogen (secondary N) is 1. The monoisotopic (exact) mass is 340 g/mol. The van der Waals surface area contributed by atoms with Crippen LogP contribution in [0.4, 0.5) is 0 Å². The summed E-state index contributed by atoms with van der Waals surface area (Å²) < 4.78 is 26.9. The van der Waals surface area contributed by atoms with E-state index in [4.69, 9.17) is 0 Å². The normalized spacial score (nSPS) is 11.4. The van der Waals surface area contributed by atoms with Gasteiger partial charge < -0.3 is 0 Å². The predicted molar refractivity (Wildman–Crippen MR) is 92.3 cm³/mol. The molecule has 0 unspecified atom stereocenters. The average Bonchev–Trinajstić information content (AvgIpc) is 2.55. The third-order valence-electron chi connectivity index (χ3n) is 3.71. The molecule has 2 aromatic carbocycles. The molecule has 0 aliphatic rings. The van der Waals surface area contributed by atoms with Crippen LogP contribution in [0.25, 0.3) is 10.9 Å². The molecule has 1 N–H and O–H groups in total. The zero-order chi connectivity index (χ0) is 17.3. The molecule has 122 valence electrons. The standard InChI is InChI=1S/C18H16N2O3S/c1-12-10-14-9-8-13(2)16(17(14)19-11-12)18(21)20-24(22,23)15-6-4-3-5-7-15/h3-11H,1-2H3,(H,20,21). The quantitative estimate of drug-likeness (QED) is 0.795. The molecule has 1 aromatic heterocycles. The summed E-state index contributed by atoms with van der Waals surface area (Å²) in [5.74, 6) is -0.682. The van der Waals surface area contributed by atoms with Crippen LogP contribution in [0.5, 0.6) is 0 Å². The summed E-state index contributed by atoms with van der Waals surface area (Å²) in [5, 5.41) is 0.794. The zero-order valence-electron chi connectivity index (χ0n) is 13.3. The Hall–Kier alpha value is -2.73. The van der Waals surface area contributed by atoms with Gasteiger partial charge in [0, 0.05) is 11.6 Å². The number of benzene rings is 2. The van der Waals surface area contributed by atoms with Gasteiger partial charge in [-0.3, -0.25) is 9.78 Å². The molecule has 0 radical (unpaired) electrons. The smallest absolute Gasteiger partial charge is 0.267 e. The van der Waals surface area contributed by atoms with E-state index in [1.54, 1.807) is 37.4 Å². The summed E-state index contributed by atoms with van der Waals surface area (Å²) in [4.78, 5) is 17.0. The van der Waals surface area contributed by atoms with Gasteiger partial charge in [-0.15, -0.1) is 0 Å². The number of carbonyl (C=O) groups excluding carboxylic acids is 1. The van der Waals surface area contributed by atoms with Gasteiger partial charge in [-0.1, -0.05) is 30.3 Å². The first-order valence-electron chi connectivity index (χ1n) is 7.36. The third-order valence-corrected chi connectivity index (χ3v) is 5.05. The molecule has 24 heavy (non-hydrogen) atoms. The molecule has 0 spiro atoms. The Kier molecular flexibility index (Phi) is 4.07. The Morgan fingerprint density at radius 1 is 1.04 bits per heavy atom. The highest BCUT2D eigenvalue weighted by Gasteiger charge is 2.21. The second-order valence-electron chi connectivity index (χ2n) is 5.59. The summed E-state index contributed by atoms with van der Waals surface area (Å²) in [7, 11) is -3.93. The van der Waals surface area contributed by atoms with E-state index >= 15 is 0 Å². The third kappa shape index (κ3) is 3.00. The van der Waals surface area contributed by atoms with E-state index in [0.717, 1.165) is 10.9 Å². The Morgan fingerprint density at radius 3 is 2.46 bits per heavy atom. The van der Waals surface area contributed by atoms with E-state index in [9.17, 15) is 13.2 Å². The van der Waals surface area contributed by atoms with Crippen molar-refractivity contribution in [3.63, 3.8) is 0 Å².